The molecule has 1 aliphatic rings. The molecule has 1 aromatic carbocycles. The molecule has 0 saturated heterocycles. The van der Waals surface area contributed by atoms with E-state index in [1.807, 2.05) is 18.2 Å². The maximum atomic E-state index is 12.0. The maximum Gasteiger partial charge on any atom is 0.220 e. The Balaban J connectivity index is 0.00000264. The molecular weight excluding hydrogens is 336 g/mol. The summed E-state index contributed by atoms with van der Waals surface area (Å²) in [6.45, 7) is 0.354. The molecule has 1 aromatic rings. The lowest BCUT2D eigenvalue weighted by atomic mass is 10.00. The van der Waals surface area contributed by atoms with E-state index in [2.05, 4.69) is 5.32 Å². The Morgan fingerprint density at radius 1 is 1.26 bits per heavy atom. The average molecular weight is 361 g/mol. The van der Waals surface area contributed by atoms with Gasteiger partial charge in [0.1, 0.15) is 0 Å². The van der Waals surface area contributed by atoms with Gasteiger partial charge in [0.05, 0.1) is 5.75 Å². The van der Waals surface area contributed by atoms with E-state index in [1.54, 1.807) is 6.07 Å². The number of amides is 1. The summed E-state index contributed by atoms with van der Waals surface area (Å²) in [7, 11) is -3.09. The van der Waals surface area contributed by atoms with Gasteiger partial charge in [0.15, 0.2) is 9.84 Å². The highest BCUT2D eigenvalue weighted by atomic mass is 35.5. The van der Waals surface area contributed by atoms with Crippen LogP contribution in [0.15, 0.2) is 24.3 Å². The summed E-state index contributed by atoms with van der Waals surface area (Å²) in [5, 5.41) is 2.88. The van der Waals surface area contributed by atoms with Crippen molar-refractivity contribution in [3.63, 3.8) is 0 Å². The van der Waals surface area contributed by atoms with Crippen molar-refractivity contribution in [3.8, 4) is 0 Å². The molecule has 2 rings (SSSR count). The van der Waals surface area contributed by atoms with Crippen LogP contribution in [-0.2, 0) is 26.9 Å². The molecule has 0 heterocycles. The molecule has 1 fully saturated rings. The van der Waals surface area contributed by atoms with E-state index in [4.69, 9.17) is 5.73 Å². The van der Waals surface area contributed by atoms with Gasteiger partial charge in [0.25, 0.3) is 0 Å². The lowest BCUT2D eigenvalue weighted by molar-refractivity contribution is -0.122. The van der Waals surface area contributed by atoms with E-state index < -0.39 is 9.84 Å². The van der Waals surface area contributed by atoms with Crippen LogP contribution in [0.5, 0.6) is 0 Å². The molecule has 0 bridgehead atoms. The van der Waals surface area contributed by atoms with Crippen molar-refractivity contribution in [3.05, 3.63) is 35.4 Å². The van der Waals surface area contributed by atoms with Gasteiger partial charge in [-0.25, -0.2) is 8.42 Å². The van der Waals surface area contributed by atoms with Gasteiger partial charge in [-0.05, 0) is 29.9 Å². The highest BCUT2D eigenvalue weighted by Gasteiger charge is 2.25. The van der Waals surface area contributed by atoms with Crippen LogP contribution < -0.4 is 11.1 Å². The fourth-order valence-electron chi connectivity index (χ4n) is 2.98. The largest absolute Gasteiger partial charge is 0.352 e. The lowest BCUT2D eigenvalue weighted by Crippen LogP contribution is -2.31. The molecule has 1 amide bonds. The van der Waals surface area contributed by atoms with Crippen molar-refractivity contribution in [1.29, 1.82) is 0 Å². The van der Waals surface area contributed by atoms with Gasteiger partial charge in [-0.3, -0.25) is 4.79 Å². The summed E-state index contributed by atoms with van der Waals surface area (Å²) in [5.74, 6) is 0.245. The zero-order valence-corrected chi connectivity index (χ0v) is 15.0. The van der Waals surface area contributed by atoms with Crippen molar-refractivity contribution in [2.24, 2.45) is 11.7 Å². The fourth-order valence-corrected chi connectivity index (χ4v) is 3.82. The van der Waals surface area contributed by atoms with Gasteiger partial charge in [-0.15, -0.1) is 12.4 Å². The molecular formula is C16H25ClN2O3S. The quantitative estimate of drug-likeness (QED) is 0.809. The van der Waals surface area contributed by atoms with Gasteiger partial charge in [-0.1, -0.05) is 30.7 Å². The first-order chi connectivity index (χ1) is 10.3. The Labute approximate surface area is 144 Å². The summed E-state index contributed by atoms with van der Waals surface area (Å²) in [5.41, 5.74) is 7.56. The minimum absolute atomic E-state index is 0. The Hall–Kier alpha value is -1.11. The van der Waals surface area contributed by atoms with Gasteiger partial charge >= 0.3 is 0 Å². The van der Waals surface area contributed by atoms with Crippen molar-refractivity contribution in [1.82, 2.24) is 5.32 Å². The number of halogens is 1. The zero-order valence-electron chi connectivity index (χ0n) is 13.3. The van der Waals surface area contributed by atoms with Gasteiger partial charge < -0.3 is 11.1 Å². The molecule has 7 heteroatoms. The zero-order chi connectivity index (χ0) is 16.2. The van der Waals surface area contributed by atoms with Crippen molar-refractivity contribution in [2.45, 2.75) is 44.0 Å². The minimum Gasteiger partial charge on any atom is -0.352 e. The second kappa shape index (κ2) is 8.66. The van der Waals surface area contributed by atoms with Crippen LogP contribution in [0.3, 0.4) is 0 Å². The van der Waals surface area contributed by atoms with Crippen LogP contribution >= 0.6 is 12.4 Å². The third kappa shape index (κ3) is 6.49. The highest BCUT2D eigenvalue weighted by molar-refractivity contribution is 7.89. The molecule has 0 radical (unpaired) electrons. The SMILES string of the molecule is CS(=O)(=O)Cc1ccccc1CNC(=O)C[C@@H]1CCC[C@H]1N.Cl. The normalized spacial score (nSPS) is 20.8. The Bertz CT molecular complexity index is 634. The number of benzene rings is 1. The third-order valence-corrected chi connectivity index (χ3v) is 5.01. The van der Waals surface area contributed by atoms with Crippen molar-refractivity contribution < 1.29 is 13.2 Å². The predicted molar refractivity (Wildman–Crippen MR) is 94.0 cm³/mol. The Morgan fingerprint density at radius 3 is 2.48 bits per heavy atom. The van der Waals surface area contributed by atoms with Crippen molar-refractivity contribution >= 4 is 28.2 Å². The Kier molecular flexibility index (Phi) is 7.51. The summed E-state index contributed by atoms with van der Waals surface area (Å²) >= 11 is 0. The van der Waals surface area contributed by atoms with Crippen LogP contribution in [-0.4, -0.2) is 26.6 Å². The number of carbonyl (C=O) groups is 1. The van der Waals surface area contributed by atoms with Crippen LogP contribution in [0, 0.1) is 5.92 Å². The first kappa shape index (κ1) is 19.9. The molecule has 0 spiro atoms. The van der Waals surface area contributed by atoms with Crippen molar-refractivity contribution in [2.75, 3.05) is 6.26 Å². The monoisotopic (exact) mass is 360 g/mol. The molecule has 5 nitrogen and oxygen atoms in total. The summed E-state index contributed by atoms with van der Waals surface area (Å²) in [6, 6.07) is 7.42. The van der Waals surface area contributed by atoms with Crippen LogP contribution in [0.25, 0.3) is 0 Å². The van der Waals surface area contributed by atoms with E-state index >= 15 is 0 Å². The number of nitrogens with one attached hydrogen (secondary N) is 1. The number of rotatable bonds is 6. The van der Waals surface area contributed by atoms with Gasteiger partial charge in [0, 0.05) is 25.3 Å². The van der Waals surface area contributed by atoms with Crippen LogP contribution in [0.2, 0.25) is 0 Å². The molecule has 1 saturated carbocycles. The molecule has 3 N–H and O–H groups in total. The number of carbonyl (C=O) groups excluding carboxylic acids is 1. The molecule has 0 unspecified atom stereocenters. The number of hydrogen-bond acceptors (Lipinski definition) is 4. The summed E-state index contributed by atoms with van der Waals surface area (Å²) < 4.78 is 22.9. The van der Waals surface area contributed by atoms with Gasteiger partial charge in [0.2, 0.25) is 5.91 Å². The molecule has 130 valence electrons. The first-order valence-electron chi connectivity index (χ1n) is 7.62. The van der Waals surface area contributed by atoms with E-state index in [0.717, 1.165) is 30.4 Å². The van der Waals surface area contributed by atoms with Crippen LogP contribution in [0.1, 0.15) is 36.8 Å². The molecule has 1 aliphatic carbocycles. The number of nitrogens with two attached hydrogens (primary N) is 1. The topological polar surface area (TPSA) is 89.3 Å². The standard InChI is InChI=1S/C16H24N2O3S.ClH/c1-22(20,21)11-14-6-3-2-5-13(14)10-18-16(19)9-12-7-4-8-15(12)17;/h2-3,5-6,12,15H,4,7-11,17H2,1H3,(H,18,19);1H/t12-,15+;/m0./s1. The van der Waals surface area contributed by atoms with E-state index in [-0.39, 0.29) is 36.0 Å². The lowest BCUT2D eigenvalue weighted by Gasteiger charge is -2.15. The average Bonchev–Trinajstić information content (AvgIpc) is 2.81. The molecule has 0 aliphatic heterocycles. The van der Waals surface area contributed by atoms with Gasteiger partial charge in [-0.2, -0.15) is 0 Å². The van der Waals surface area contributed by atoms with E-state index in [1.165, 1.54) is 6.26 Å². The maximum absolute atomic E-state index is 12.0. The first-order valence-corrected chi connectivity index (χ1v) is 9.68. The minimum atomic E-state index is -3.09. The van der Waals surface area contributed by atoms with Crippen LogP contribution in [0.4, 0.5) is 0 Å². The van der Waals surface area contributed by atoms with E-state index in [0.29, 0.717) is 13.0 Å². The summed E-state index contributed by atoms with van der Waals surface area (Å²) in [4.78, 5) is 12.0. The van der Waals surface area contributed by atoms with E-state index in [9.17, 15) is 13.2 Å². The highest BCUT2D eigenvalue weighted by Crippen LogP contribution is 2.26. The fraction of sp³-hybridized carbons (Fsp3) is 0.562. The summed E-state index contributed by atoms with van der Waals surface area (Å²) in [6.07, 6.45) is 4.77. The third-order valence-electron chi connectivity index (χ3n) is 4.18. The molecule has 2 atom stereocenters. The number of sulfone groups is 1. The molecule has 0 aromatic heterocycles. The molecule has 23 heavy (non-hydrogen) atoms. The number of hydrogen-bond donors (Lipinski definition) is 2. The smallest absolute Gasteiger partial charge is 0.220 e. The Morgan fingerprint density at radius 2 is 1.91 bits per heavy atom. The second-order valence-corrected chi connectivity index (χ2v) is 8.31. The second-order valence-electron chi connectivity index (χ2n) is 6.17. The predicted octanol–water partition coefficient (Wildman–Crippen LogP) is 1.79.